The van der Waals surface area contributed by atoms with Crippen LogP contribution < -0.4 is 4.74 Å². The van der Waals surface area contributed by atoms with Gasteiger partial charge in [-0.05, 0) is 42.0 Å². The van der Waals surface area contributed by atoms with Gasteiger partial charge in [0, 0.05) is 4.47 Å². The molecule has 0 atom stereocenters. The number of hydrogen-bond donors (Lipinski definition) is 1. The van der Waals surface area contributed by atoms with Gasteiger partial charge < -0.3 is 4.74 Å². The molecule has 0 radical (unpaired) electrons. The Morgan fingerprint density at radius 1 is 1.26 bits per heavy atom. The van der Waals surface area contributed by atoms with Gasteiger partial charge in [-0.1, -0.05) is 40.2 Å². The third kappa shape index (κ3) is 3.40. The van der Waals surface area contributed by atoms with E-state index in [9.17, 15) is 0 Å². The molecular weight excluding hydrogens is 376 g/mol. The number of methoxy groups -OCH3 is 1. The molecule has 7 heteroatoms. The third-order valence-electron chi connectivity index (χ3n) is 3.17. The highest BCUT2D eigenvalue weighted by Crippen LogP contribution is 2.28. The van der Waals surface area contributed by atoms with Crippen molar-refractivity contribution in [2.45, 2.75) is 0 Å². The topological polar surface area (TPSA) is 55.2 Å². The first-order chi connectivity index (χ1) is 11.2. The zero-order valence-electron chi connectivity index (χ0n) is 12.2. The van der Waals surface area contributed by atoms with E-state index >= 15 is 0 Å². The van der Waals surface area contributed by atoms with Crippen molar-refractivity contribution in [2.24, 2.45) is 5.10 Å². The average molecular weight is 389 g/mol. The summed E-state index contributed by atoms with van der Waals surface area (Å²) < 4.78 is 8.36. The van der Waals surface area contributed by atoms with E-state index < -0.39 is 0 Å². The van der Waals surface area contributed by atoms with Crippen molar-refractivity contribution < 1.29 is 4.74 Å². The number of para-hydroxylation sites is 1. The maximum Gasteiger partial charge on any atom is 0.216 e. The lowest BCUT2D eigenvalue weighted by Gasteiger charge is -2.06. The summed E-state index contributed by atoms with van der Waals surface area (Å²) in [6.07, 6.45) is 1.73. The quantitative estimate of drug-likeness (QED) is 0.536. The highest BCUT2D eigenvalue weighted by molar-refractivity contribution is 9.10. The summed E-state index contributed by atoms with van der Waals surface area (Å²) in [5, 5.41) is 11.5. The van der Waals surface area contributed by atoms with Gasteiger partial charge in [0.1, 0.15) is 5.75 Å². The number of aromatic amines is 1. The zero-order chi connectivity index (χ0) is 16.2. The van der Waals surface area contributed by atoms with Crippen LogP contribution in [-0.2, 0) is 0 Å². The van der Waals surface area contributed by atoms with Crippen molar-refractivity contribution in [3.05, 3.63) is 63.3 Å². The fourth-order valence-corrected chi connectivity index (χ4v) is 2.71. The fourth-order valence-electron chi connectivity index (χ4n) is 2.11. The number of aromatic nitrogens is 3. The van der Waals surface area contributed by atoms with E-state index in [1.54, 1.807) is 18.0 Å². The Kier molecular flexibility index (Phi) is 4.68. The highest BCUT2D eigenvalue weighted by Gasteiger charge is 2.12. The minimum atomic E-state index is 0.414. The third-order valence-corrected chi connectivity index (χ3v) is 3.93. The van der Waals surface area contributed by atoms with E-state index in [-0.39, 0.29) is 0 Å². The SMILES string of the molecule is COc1ccccc1-c1n[nH]c(=S)n1/N=C/c1cccc(Br)c1. The van der Waals surface area contributed by atoms with Crippen LogP contribution in [-0.4, -0.2) is 28.2 Å². The number of hydrogen-bond acceptors (Lipinski definition) is 4. The van der Waals surface area contributed by atoms with Gasteiger partial charge in [0.25, 0.3) is 0 Å². The lowest BCUT2D eigenvalue weighted by molar-refractivity contribution is 0.416. The van der Waals surface area contributed by atoms with Gasteiger partial charge in [0.05, 0.1) is 18.9 Å². The molecule has 0 saturated carbocycles. The summed E-state index contributed by atoms with van der Waals surface area (Å²) in [4.78, 5) is 0. The molecule has 0 fully saturated rings. The molecule has 0 spiro atoms. The van der Waals surface area contributed by atoms with Crippen molar-refractivity contribution in [1.29, 1.82) is 0 Å². The Balaban J connectivity index is 2.04. The van der Waals surface area contributed by atoms with Gasteiger partial charge in [0.15, 0.2) is 5.82 Å². The Bertz CT molecular complexity index is 916. The predicted molar refractivity (Wildman–Crippen MR) is 96.5 cm³/mol. The molecule has 1 aromatic heterocycles. The average Bonchev–Trinajstić information content (AvgIpc) is 2.93. The molecule has 2 aromatic carbocycles. The fraction of sp³-hybridized carbons (Fsp3) is 0.0625. The van der Waals surface area contributed by atoms with Crippen molar-refractivity contribution >= 4 is 34.4 Å². The van der Waals surface area contributed by atoms with Crippen molar-refractivity contribution in [1.82, 2.24) is 14.9 Å². The lowest BCUT2D eigenvalue weighted by Crippen LogP contribution is -1.97. The number of nitrogens with one attached hydrogen (secondary N) is 1. The molecule has 0 aliphatic rings. The maximum absolute atomic E-state index is 5.38. The molecule has 3 rings (SSSR count). The molecule has 0 unspecified atom stereocenters. The monoisotopic (exact) mass is 388 g/mol. The van der Waals surface area contributed by atoms with Crippen molar-refractivity contribution in [3.8, 4) is 17.1 Å². The normalized spacial score (nSPS) is 11.0. The van der Waals surface area contributed by atoms with E-state index in [2.05, 4.69) is 31.2 Å². The molecule has 1 N–H and O–H groups in total. The second-order valence-electron chi connectivity index (χ2n) is 4.66. The molecule has 5 nitrogen and oxygen atoms in total. The lowest BCUT2D eigenvalue weighted by atomic mass is 10.2. The number of nitrogens with zero attached hydrogens (tertiary/aromatic N) is 3. The summed E-state index contributed by atoms with van der Waals surface area (Å²) in [7, 11) is 1.62. The first kappa shape index (κ1) is 15.6. The zero-order valence-corrected chi connectivity index (χ0v) is 14.6. The number of benzene rings is 2. The van der Waals surface area contributed by atoms with Crippen LogP contribution >= 0.6 is 28.1 Å². The Labute approximate surface area is 146 Å². The number of halogens is 1. The number of ether oxygens (including phenoxy) is 1. The molecule has 23 heavy (non-hydrogen) atoms. The van der Waals surface area contributed by atoms with Crippen LogP contribution in [0, 0.1) is 4.77 Å². The Hall–Kier alpha value is -2.25. The molecular formula is C16H13BrN4OS. The second-order valence-corrected chi connectivity index (χ2v) is 5.97. The van der Waals surface area contributed by atoms with E-state index in [0.717, 1.165) is 15.6 Å². The smallest absolute Gasteiger partial charge is 0.216 e. The predicted octanol–water partition coefficient (Wildman–Crippen LogP) is 4.26. The first-order valence-corrected chi connectivity index (χ1v) is 8.00. The van der Waals surface area contributed by atoms with Crippen molar-refractivity contribution in [3.63, 3.8) is 0 Å². The summed E-state index contributed by atoms with van der Waals surface area (Å²) in [5.74, 6) is 1.30. The van der Waals surface area contributed by atoms with Crippen LogP contribution in [0.1, 0.15) is 5.56 Å². The van der Waals surface area contributed by atoms with Crippen LogP contribution in [0.4, 0.5) is 0 Å². The van der Waals surface area contributed by atoms with Crippen LogP contribution in [0.3, 0.4) is 0 Å². The Morgan fingerprint density at radius 3 is 2.87 bits per heavy atom. The van der Waals surface area contributed by atoms with E-state index in [0.29, 0.717) is 16.3 Å². The van der Waals surface area contributed by atoms with E-state index in [1.807, 2.05) is 48.5 Å². The minimum absolute atomic E-state index is 0.414. The highest BCUT2D eigenvalue weighted by atomic mass is 79.9. The van der Waals surface area contributed by atoms with Crippen molar-refractivity contribution in [2.75, 3.05) is 7.11 Å². The summed E-state index contributed by atoms with van der Waals surface area (Å²) in [6, 6.07) is 15.4. The molecule has 1 heterocycles. The first-order valence-electron chi connectivity index (χ1n) is 6.80. The summed E-state index contributed by atoms with van der Waals surface area (Å²) >= 11 is 8.72. The van der Waals surface area contributed by atoms with Gasteiger partial charge in [-0.15, -0.1) is 0 Å². The molecule has 0 amide bonds. The second kappa shape index (κ2) is 6.89. The van der Waals surface area contributed by atoms with Crippen LogP contribution in [0.25, 0.3) is 11.4 Å². The molecule has 3 aromatic rings. The van der Waals surface area contributed by atoms with Crippen LogP contribution in [0.2, 0.25) is 0 Å². The van der Waals surface area contributed by atoms with E-state index in [4.69, 9.17) is 17.0 Å². The number of H-pyrrole nitrogens is 1. The molecule has 116 valence electrons. The van der Waals surface area contributed by atoms with Gasteiger partial charge in [0.2, 0.25) is 4.77 Å². The maximum atomic E-state index is 5.38. The van der Waals surface area contributed by atoms with Gasteiger partial charge in [-0.2, -0.15) is 14.9 Å². The molecule has 0 aliphatic heterocycles. The number of rotatable bonds is 4. The van der Waals surface area contributed by atoms with Gasteiger partial charge in [-0.25, -0.2) is 5.10 Å². The molecule has 0 bridgehead atoms. The van der Waals surface area contributed by atoms with Gasteiger partial charge in [-0.3, -0.25) is 0 Å². The standard InChI is InChI=1S/C16H13BrN4OS/c1-22-14-8-3-2-7-13(14)15-19-20-16(23)21(15)18-10-11-5-4-6-12(17)9-11/h2-10H,1H3,(H,20,23)/b18-10+. The van der Waals surface area contributed by atoms with Gasteiger partial charge >= 0.3 is 0 Å². The summed E-state index contributed by atoms with van der Waals surface area (Å²) in [5.41, 5.74) is 1.77. The molecule has 0 saturated heterocycles. The largest absolute Gasteiger partial charge is 0.496 e. The Morgan fingerprint density at radius 2 is 2.09 bits per heavy atom. The summed E-state index contributed by atoms with van der Waals surface area (Å²) in [6.45, 7) is 0. The van der Waals surface area contributed by atoms with Crippen LogP contribution in [0.5, 0.6) is 5.75 Å². The van der Waals surface area contributed by atoms with Crippen LogP contribution in [0.15, 0.2) is 58.1 Å². The molecule has 0 aliphatic carbocycles. The van der Waals surface area contributed by atoms with E-state index in [1.165, 1.54) is 0 Å². The minimum Gasteiger partial charge on any atom is -0.496 e.